The Morgan fingerprint density at radius 1 is 1.10 bits per heavy atom. The van der Waals surface area contributed by atoms with Crippen LogP contribution in [0.25, 0.3) is 10.2 Å². The van der Waals surface area contributed by atoms with Crippen molar-refractivity contribution in [2.45, 2.75) is 29.1 Å². The van der Waals surface area contributed by atoms with Crippen LogP contribution in [0.4, 0.5) is 5.13 Å². The number of para-hydroxylation sites is 1. The summed E-state index contributed by atoms with van der Waals surface area (Å²) in [6, 6.07) is 12.0. The van der Waals surface area contributed by atoms with E-state index in [4.69, 9.17) is 0 Å². The van der Waals surface area contributed by atoms with Crippen LogP contribution < -0.4 is 5.32 Å². The Morgan fingerprint density at radius 2 is 1.83 bits per heavy atom. The van der Waals surface area contributed by atoms with Gasteiger partial charge >= 0.3 is 0 Å². The number of nitrogens with zero attached hydrogens (tertiary/aromatic N) is 2. The Labute approximate surface area is 178 Å². The highest BCUT2D eigenvalue weighted by Crippen LogP contribution is 2.32. The zero-order valence-corrected chi connectivity index (χ0v) is 18.4. The van der Waals surface area contributed by atoms with Gasteiger partial charge in [-0.25, -0.2) is 13.4 Å². The van der Waals surface area contributed by atoms with E-state index < -0.39 is 10.0 Å². The second-order valence-corrected chi connectivity index (χ2v) is 10.6. The zero-order chi connectivity index (χ0) is 20.4. The van der Waals surface area contributed by atoms with Gasteiger partial charge in [0.2, 0.25) is 10.0 Å². The van der Waals surface area contributed by atoms with Gasteiger partial charge in [-0.3, -0.25) is 10.1 Å². The van der Waals surface area contributed by atoms with E-state index in [0.717, 1.165) is 34.4 Å². The summed E-state index contributed by atoms with van der Waals surface area (Å²) in [5.41, 5.74) is 1.27. The van der Waals surface area contributed by atoms with Gasteiger partial charge in [0, 0.05) is 23.5 Å². The van der Waals surface area contributed by atoms with Crippen molar-refractivity contribution in [3.05, 3.63) is 48.0 Å². The maximum Gasteiger partial charge on any atom is 0.257 e. The van der Waals surface area contributed by atoms with E-state index in [1.54, 1.807) is 23.9 Å². The van der Waals surface area contributed by atoms with Gasteiger partial charge in [-0.15, -0.1) is 11.8 Å². The number of rotatable bonds is 5. The van der Waals surface area contributed by atoms with Crippen molar-refractivity contribution in [3.63, 3.8) is 0 Å². The monoisotopic (exact) mass is 447 g/mol. The van der Waals surface area contributed by atoms with Crippen molar-refractivity contribution >= 4 is 54.4 Å². The minimum absolute atomic E-state index is 0.223. The molecule has 2 heterocycles. The van der Waals surface area contributed by atoms with Gasteiger partial charge in [-0.2, -0.15) is 4.31 Å². The Kier molecular flexibility index (Phi) is 5.91. The third kappa shape index (κ3) is 4.18. The van der Waals surface area contributed by atoms with E-state index >= 15 is 0 Å². The molecule has 152 valence electrons. The molecule has 29 heavy (non-hydrogen) atoms. The molecule has 0 radical (unpaired) electrons. The molecule has 1 N–H and O–H groups in total. The number of thiazole rings is 1. The number of carbonyl (C=O) groups is 1. The third-order valence-corrected chi connectivity index (χ3v) is 8.51. The molecule has 3 aromatic rings. The van der Waals surface area contributed by atoms with Crippen LogP contribution in [0.2, 0.25) is 0 Å². The molecule has 0 unspecified atom stereocenters. The summed E-state index contributed by atoms with van der Waals surface area (Å²) in [7, 11) is -3.50. The maximum absolute atomic E-state index is 12.7. The van der Waals surface area contributed by atoms with Gasteiger partial charge in [0.15, 0.2) is 5.13 Å². The molecule has 0 atom stereocenters. The molecule has 1 aliphatic rings. The van der Waals surface area contributed by atoms with Crippen LogP contribution in [-0.2, 0) is 10.0 Å². The molecule has 0 saturated carbocycles. The van der Waals surface area contributed by atoms with E-state index in [-0.39, 0.29) is 10.8 Å². The topological polar surface area (TPSA) is 79.4 Å². The number of amides is 1. The Hall–Kier alpha value is -1.94. The summed E-state index contributed by atoms with van der Waals surface area (Å²) >= 11 is 3.03. The quantitative estimate of drug-likeness (QED) is 0.585. The molecule has 2 aromatic carbocycles. The predicted octanol–water partition coefficient (Wildman–Crippen LogP) is 4.45. The summed E-state index contributed by atoms with van der Waals surface area (Å²) in [6.07, 6.45) is 4.83. The zero-order valence-electron chi connectivity index (χ0n) is 15.9. The molecular weight excluding hydrogens is 426 g/mol. The molecule has 0 spiro atoms. The molecule has 0 aliphatic carbocycles. The van der Waals surface area contributed by atoms with Gasteiger partial charge in [0.25, 0.3) is 5.91 Å². The molecule has 4 rings (SSSR count). The molecule has 1 aromatic heterocycles. The summed E-state index contributed by atoms with van der Waals surface area (Å²) < 4.78 is 28.0. The van der Waals surface area contributed by atoms with Crippen molar-refractivity contribution in [3.8, 4) is 0 Å². The minimum Gasteiger partial charge on any atom is -0.298 e. The lowest BCUT2D eigenvalue weighted by Gasteiger charge is -2.25. The Balaban J connectivity index is 1.51. The number of hydrogen-bond donors (Lipinski definition) is 1. The maximum atomic E-state index is 12.7. The third-order valence-electron chi connectivity index (χ3n) is 4.89. The summed E-state index contributed by atoms with van der Waals surface area (Å²) in [5.74, 6) is -0.309. The molecule has 1 fully saturated rings. The Morgan fingerprint density at radius 3 is 2.52 bits per heavy atom. The highest BCUT2D eigenvalue weighted by atomic mass is 32.2. The molecular formula is C20H21N3O3S3. The van der Waals surface area contributed by atoms with Crippen molar-refractivity contribution in [1.82, 2.24) is 9.29 Å². The lowest BCUT2D eigenvalue weighted by Crippen LogP contribution is -2.35. The van der Waals surface area contributed by atoms with Crippen LogP contribution in [0.15, 0.2) is 52.3 Å². The number of piperidine rings is 1. The van der Waals surface area contributed by atoms with Gasteiger partial charge in [0.05, 0.1) is 15.1 Å². The molecule has 1 aliphatic heterocycles. The summed E-state index contributed by atoms with van der Waals surface area (Å²) in [5, 5.41) is 3.34. The number of anilines is 1. The van der Waals surface area contributed by atoms with Crippen LogP contribution in [0.5, 0.6) is 0 Å². The standard InChI is InChI=1S/C20H21N3O3S3/c1-27-16-6-5-7-17-18(16)21-20(28-17)22-19(24)14-8-10-15(11-9-14)29(25,26)23-12-3-2-4-13-23/h5-11H,2-4,12-13H2,1H3,(H,21,22,24). The fraction of sp³-hybridized carbons (Fsp3) is 0.300. The lowest BCUT2D eigenvalue weighted by atomic mass is 10.2. The molecule has 9 heteroatoms. The number of hydrogen-bond acceptors (Lipinski definition) is 6. The number of carbonyl (C=O) groups excluding carboxylic acids is 1. The first-order chi connectivity index (χ1) is 14.0. The second kappa shape index (κ2) is 8.43. The predicted molar refractivity (Wildman–Crippen MR) is 118 cm³/mol. The minimum atomic E-state index is -3.50. The van der Waals surface area contributed by atoms with Crippen LogP contribution in [0.1, 0.15) is 29.6 Å². The van der Waals surface area contributed by atoms with E-state index in [0.29, 0.717) is 23.8 Å². The van der Waals surface area contributed by atoms with Crippen LogP contribution in [0, 0.1) is 0 Å². The van der Waals surface area contributed by atoms with Crippen molar-refractivity contribution < 1.29 is 13.2 Å². The van der Waals surface area contributed by atoms with Gasteiger partial charge in [-0.1, -0.05) is 23.8 Å². The van der Waals surface area contributed by atoms with Crippen LogP contribution in [0.3, 0.4) is 0 Å². The number of sulfonamides is 1. The first-order valence-corrected chi connectivity index (χ1v) is 12.8. The van der Waals surface area contributed by atoms with Gasteiger partial charge in [0.1, 0.15) is 0 Å². The number of nitrogens with one attached hydrogen (secondary N) is 1. The van der Waals surface area contributed by atoms with Gasteiger partial charge in [-0.05, 0) is 55.5 Å². The highest BCUT2D eigenvalue weighted by molar-refractivity contribution is 7.98. The van der Waals surface area contributed by atoms with E-state index in [1.165, 1.54) is 27.8 Å². The molecule has 0 bridgehead atoms. The molecule has 6 nitrogen and oxygen atoms in total. The second-order valence-electron chi connectivity index (χ2n) is 6.77. The fourth-order valence-electron chi connectivity index (χ4n) is 3.34. The first kappa shape index (κ1) is 20.3. The smallest absolute Gasteiger partial charge is 0.257 e. The number of fused-ring (bicyclic) bond motifs is 1. The molecule has 1 saturated heterocycles. The summed E-state index contributed by atoms with van der Waals surface area (Å²) in [4.78, 5) is 18.4. The van der Waals surface area contributed by atoms with Crippen molar-refractivity contribution in [2.75, 3.05) is 24.7 Å². The van der Waals surface area contributed by atoms with Gasteiger partial charge < -0.3 is 0 Å². The fourth-order valence-corrected chi connectivity index (χ4v) is 6.38. The van der Waals surface area contributed by atoms with E-state index in [1.807, 2.05) is 24.5 Å². The number of thioether (sulfide) groups is 1. The Bertz CT molecular complexity index is 1130. The molecule has 1 amide bonds. The highest BCUT2D eigenvalue weighted by Gasteiger charge is 2.26. The lowest BCUT2D eigenvalue weighted by molar-refractivity contribution is 0.102. The van der Waals surface area contributed by atoms with Crippen molar-refractivity contribution in [2.24, 2.45) is 0 Å². The largest absolute Gasteiger partial charge is 0.298 e. The van der Waals surface area contributed by atoms with Crippen LogP contribution >= 0.6 is 23.1 Å². The normalized spacial score (nSPS) is 15.5. The van der Waals surface area contributed by atoms with Crippen LogP contribution in [-0.4, -0.2) is 43.0 Å². The average Bonchev–Trinajstić information content (AvgIpc) is 3.17. The van der Waals surface area contributed by atoms with Crippen molar-refractivity contribution in [1.29, 1.82) is 0 Å². The van der Waals surface area contributed by atoms with E-state index in [2.05, 4.69) is 10.3 Å². The first-order valence-electron chi connectivity index (χ1n) is 9.34. The SMILES string of the molecule is CSc1cccc2sc(NC(=O)c3ccc(S(=O)(=O)N4CCCCC4)cc3)nc12. The number of aromatic nitrogens is 1. The number of benzene rings is 2. The average molecular weight is 448 g/mol. The van der Waals surface area contributed by atoms with E-state index in [9.17, 15) is 13.2 Å². The summed E-state index contributed by atoms with van der Waals surface area (Å²) in [6.45, 7) is 1.11.